The number of amides is 1. The Balaban J connectivity index is 1.86. The van der Waals surface area contributed by atoms with E-state index >= 15 is 0 Å². The number of anilines is 1. The van der Waals surface area contributed by atoms with Crippen molar-refractivity contribution < 1.29 is 26.9 Å². The molecule has 9 nitrogen and oxygen atoms in total. The molecule has 2 heterocycles. The predicted molar refractivity (Wildman–Crippen MR) is 90.4 cm³/mol. The zero-order valence-corrected chi connectivity index (χ0v) is 14.8. The molecular formula is C16H17N3O6S. The molecule has 0 saturated carbocycles. The van der Waals surface area contributed by atoms with Crippen molar-refractivity contribution in [2.24, 2.45) is 0 Å². The number of hydrogen-bond acceptors (Lipinski definition) is 7. The molecule has 3 rings (SSSR count). The van der Waals surface area contributed by atoms with Crippen LogP contribution in [0.2, 0.25) is 0 Å². The summed E-state index contributed by atoms with van der Waals surface area (Å²) in [5, 5.41) is 5.35. The van der Waals surface area contributed by atoms with Gasteiger partial charge in [0.15, 0.2) is 0 Å². The first-order valence-electron chi connectivity index (χ1n) is 7.98. The Hall–Kier alpha value is -2.88. The van der Waals surface area contributed by atoms with E-state index in [0.717, 1.165) is 12.6 Å². The SMILES string of the molecule is CCOC(=O)c1cn[nH]c1S(=O)(=O)Oc1cccc(N2CCCC2=O)c1. The van der Waals surface area contributed by atoms with E-state index in [0.29, 0.717) is 18.7 Å². The molecule has 1 aliphatic heterocycles. The first-order valence-corrected chi connectivity index (χ1v) is 9.38. The van der Waals surface area contributed by atoms with Gasteiger partial charge in [0.25, 0.3) is 0 Å². The summed E-state index contributed by atoms with van der Waals surface area (Å²) >= 11 is 0. The van der Waals surface area contributed by atoms with Gasteiger partial charge >= 0.3 is 16.1 Å². The summed E-state index contributed by atoms with van der Waals surface area (Å²) in [6.45, 7) is 2.27. The number of esters is 1. The molecule has 0 spiro atoms. The van der Waals surface area contributed by atoms with Crippen molar-refractivity contribution in [2.45, 2.75) is 24.8 Å². The molecule has 0 atom stereocenters. The number of carbonyl (C=O) groups excluding carboxylic acids is 2. The molecular weight excluding hydrogens is 362 g/mol. The fourth-order valence-corrected chi connectivity index (χ4v) is 3.62. The molecule has 2 aromatic rings. The average molecular weight is 379 g/mol. The molecule has 10 heteroatoms. The summed E-state index contributed by atoms with van der Waals surface area (Å²) in [6, 6.07) is 6.19. The summed E-state index contributed by atoms with van der Waals surface area (Å²) in [4.78, 5) is 25.3. The number of rotatable bonds is 6. The standard InChI is InChI=1S/C16H17N3O6S/c1-2-24-16(21)13-10-17-18-15(13)26(22,23)25-12-6-3-5-11(9-12)19-8-4-7-14(19)20/h3,5-6,9-10H,2,4,7-8H2,1H3,(H,17,18). The van der Waals surface area contributed by atoms with Gasteiger partial charge in [0.05, 0.1) is 12.8 Å². The van der Waals surface area contributed by atoms with Gasteiger partial charge in [-0.05, 0) is 25.5 Å². The normalized spacial score (nSPS) is 14.5. The van der Waals surface area contributed by atoms with Gasteiger partial charge in [-0.25, -0.2) is 4.79 Å². The molecule has 0 radical (unpaired) electrons. The maximum atomic E-state index is 12.5. The molecule has 1 aromatic carbocycles. The average Bonchev–Trinajstić information content (AvgIpc) is 3.24. The highest BCUT2D eigenvalue weighted by molar-refractivity contribution is 7.87. The van der Waals surface area contributed by atoms with Gasteiger partial charge in [0.1, 0.15) is 11.3 Å². The van der Waals surface area contributed by atoms with Crippen LogP contribution in [0, 0.1) is 0 Å². The van der Waals surface area contributed by atoms with E-state index in [1.54, 1.807) is 24.0 Å². The van der Waals surface area contributed by atoms with E-state index in [-0.39, 0.29) is 23.8 Å². The Kier molecular flexibility index (Phi) is 4.94. The highest BCUT2D eigenvalue weighted by atomic mass is 32.2. The zero-order valence-electron chi connectivity index (χ0n) is 14.0. The molecule has 1 aromatic heterocycles. The number of carbonyl (C=O) groups is 2. The molecule has 0 aliphatic carbocycles. The third-order valence-electron chi connectivity index (χ3n) is 3.76. The van der Waals surface area contributed by atoms with Gasteiger partial charge in [0, 0.05) is 24.7 Å². The first-order chi connectivity index (χ1) is 12.4. The molecule has 1 saturated heterocycles. The van der Waals surface area contributed by atoms with E-state index in [9.17, 15) is 18.0 Å². The lowest BCUT2D eigenvalue weighted by molar-refractivity contribution is -0.117. The van der Waals surface area contributed by atoms with E-state index in [1.165, 1.54) is 12.1 Å². The highest BCUT2D eigenvalue weighted by Gasteiger charge is 2.28. The van der Waals surface area contributed by atoms with E-state index in [1.807, 2.05) is 0 Å². The van der Waals surface area contributed by atoms with E-state index in [4.69, 9.17) is 8.92 Å². The molecule has 0 bridgehead atoms. The molecule has 26 heavy (non-hydrogen) atoms. The Morgan fingerprint density at radius 1 is 1.38 bits per heavy atom. The van der Waals surface area contributed by atoms with Crippen LogP contribution in [0.3, 0.4) is 0 Å². The molecule has 138 valence electrons. The van der Waals surface area contributed by atoms with Crippen molar-refractivity contribution in [3.05, 3.63) is 36.0 Å². The van der Waals surface area contributed by atoms with Gasteiger partial charge in [-0.1, -0.05) is 6.07 Å². The van der Waals surface area contributed by atoms with Crippen LogP contribution < -0.4 is 9.08 Å². The minimum absolute atomic E-state index is 0.0200. The summed E-state index contributed by atoms with van der Waals surface area (Å²) in [7, 11) is -4.34. The molecule has 1 aliphatic rings. The number of hydrogen-bond donors (Lipinski definition) is 1. The van der Waals surface area contributed by atoms with E-state index in [2.05, 4.69) is 10.2 Å². The Morgan fingerprint density at radius 2 is 2.19 bits per heavy atom. The van der Waals surface area contributed by atoms with Crippen LogP contribution >= 0.6 is 0 Å². The second kappa shape index (κ2) is 7.16. The summed E-state index contributed by atoms with van der Waals surface area (Å²) in [6.07, 6.45) is 2.27. The minimum atomic E-state index is -4.34. The summed E-state index contributed by atoms with van der Waals surface area (Å²) < 4.78 is 34.9. The second-order valence-corrected chi connectivity index (χ2v) is 7.00. The Labute approximate surface area is 150 Å². The van der Waals surface area contributed by atoms with Crippen molar-refractivity contribution in [1.82, 2.24) is 10.2 Å². The Bertz CT molecular complexity index is 937. The first kappa shape index (κ1) is 17.9. The van der Waals surface area contributed by atoms with Gasteiger partial charge in [-0.3, -0.25) is 9.89 Å². The maximum Gasteiger partial charge on any atom is 0.357 e. The van der Waals surface area contributed by atoms with Crippen molar-refractivity contribution >= 4 is 27.7 Å². The summed E-state index contributed by atoms with van der Waals surface area (Å²) in [5.41, 5.74) is 0.313. The lowest BCUT2D eigenvalue weighted by Crippen LogP contribution is -2.23. The zero-order chi connectivity index (χ0) is 18.7. The monoisotopic (exact) mass is 379 g/mol. The largest absolute Gasteiger partial charge is 0.462 e. The topological polar surface area (TPSA) is 119 Å². The van der Waals surface area contributed by atoms with Crippen LogP contribution in [-0.2, 0) is 19.6 Å². The maximum absolute atomic E-state index is 12.5. The predicted octanol–water partition coefficient (Wildman–Crippen LogP) is 1.48. The lowest BCUT2D eigenvalue weighted by atomic mass is 10.3. The number of aromatic amines is 1. The molecule has 1 fully saturated rings. The number of H-pyrrole nitrogens is 1. The number of nitrogens with zero attached hydrogens (tertiary/aromatic N) is 2. The van der Waals surface area contributed by atoms with Crippen LogP contribution in [0.4, 0.5) is 5.69 Å². The number of ether oxygens (including phenoxy) is 1. The van der Waals surface area contributed by atoms with Gasteiger partial charge in [0.2, 0.25) is 10.9 Å². The van der Waals surface area contributed by atoms with Crippen LogP contribution in [0.1, 0.15) is 30.1 Å². The van der Waals surface area contributed by atoms with E-state index < -0.39 is 21.1 Å². The van der Waals surface area contributed by atoms with Gasteiger partial charge in [-0.15, -0.1) is 0 Å². The third kappa shape index (κ3) is 3.54. The van der Waals surface area contributed by atoms with Crippen molar-refractivity contribution in [3.8, 4) is 5.75 Å². The Morgan fingerprint density at radius 3 is 2.88 bits per heavy atom. The number of benzene rings is 1. The van der Waals surface area contributed by atoms with Crippen molar-refractivity contribution in [2.75, 3.05) is 18.1 Å². The summed E-state index contributed by atoms with van der Waals surface area (Å²) in [5.74, 6) is -0.824. The van der Waals surface area contributed by atoms with Crippen LogP contribution in [0.5, 0.6) is 5.75 Å². The molecule has 1 amide bonds. The smallest absolute Gasteiger partial charge is 0.357 e. The molecule has 0 unspecified atom stereocenters. The van der Waals surface area contributed by atoms with Crippen LogP contribution in [0.25, 0.3) is 0 Å². The number of nitrogens with one attached hydrogen (secondary N) is 1. The minimum Gasteiger partial charge on any atom is -0.462 e. The lowest BCUT2D eigenvalue weighted by Gasteiger charge is -2.16. The van der Waals surface area contributed by atoms with Gasteiger partial charge in [-0.2, -0.15) is 13.5 Å². The van der Waals surface area contributed by atoms with Gasteiger partial charge < -0.3 is 13.8 Å². The van der Waals surface area contributed by atoms with Crippen molar-refractivity contribution in [3.63, 3.8) is 0 Å². The second-order valence-electron chi connectivity index (χ2n) is 5.52. The van der Waals surface area contributed by atoms with Crippen molar-refractivity contribution in [1.29, 1.82) is 0 Å². The fourth-order valence-electron chi connectivity index (χ4n) is 2.61. The number of aromatic nitrogens is 2. The third-order valence-corrected chi connectivity index (χ3v) is 4.98. The molecule has 1 N–H and O–H groups in total. The highest BCUT2D eigenvalue weighted by Crippen LogP contribution is 2.27. The quantitative estimate of drug-likeness (QED) is 0.596. The fraction of sp³-hybridized carbons (Fsp3) is 0.312. The van der Waals surface area contributed by atoms with Crippen LogP contribution in [-0.4, -0.2) is 43.6 Å². The van der Waals surface area contributed by atoms with Crippen LogP contribution in [0.15, 0.2) is 35.5 Å².